The van der Waals surface area contributed by atoms with Gasteiger partial charge in [0, 0.05) is 0 Å². The molecule has 4 heteroatoms. The fourth-order valence-electron chi connectivity index (χ4n) is 1.65. The molecule has 0 aliphatic heterocycles. The monoisotopic (exact) mass is 178 g/mol. The molecule has 2 atom stereocenters. The van der Waals surface area contributed by atoms with Gasteiger partial charge in [-0.1, -0.05) is 19.3 Å². The van der Waals surface area contributed by atoms with Crippen molar-refractivity contribution < 1.29 is 14.6 Å². The molecule has 2 N–H and O–H groups in total. The molecule has 0 aromatic carbocycles. The van der Waals surface area contributed by atoms with Crippen LogP contribution in [-0.4, -0.2) is 15.8 Å². The zero-order chi connectivity index (χ0) is 8.27. The molecular weight excluding hydrogens is 163 g/mol. The molecule has 3 nitrogen and oxygen atoms in total. The highest BCUT2D eigenvalue weighted by molar-refractivity contribution is 7.38. The summed E-state index contributed by atoms with van der Waals surface area (Å²) in [5.41, 5.74) is 0. The molecular formula is C7H15O3P. The lowest BCUT2D eigenvalue weighted by molar-refractivity contribution is 0.142. The maximum atomic E-state index is 10.5. The van der Waals surface area contributed by atoms with Gasteiger partial charge in [0.05, 0.1) is 0 Å². The summed E-state index contributed by atoms with van der Waals surface area (Å²) in [5.74, 6) is -0.861. The van der Waals surface area contributed by atoms with Crippen molar-refractivity contribution in [3.63, 3.8) is 0 Å². The molecule has 1 fully saturated rings. The minimum atomic E-state index is -2.71. The first-order chi connectivity index (χ1) is 5.22. The van der Waals surface area contributed by atoms with E-state index in [4.69, 9.17) is 4.89 Å². The predicted octanol–water partition coefficient (Wildman–Crippen LogP) is 1.35. The Kier molecular flexibility index (Phi) is 3.57. The van der Waals surface area contributed by atoms with Gasteiger partial charge in [-0.3, -0.25) is 4.57 Å². The standard InChI is InChI=1S/C7H15O3P/c8-7(11(9)10)6-4-2-1-3-5-6/h6-8,11H,1-5H2,(H,9,10). The maximum absolute atomic E-state index is 10.5. The highest BCUT2D eigenvalue weighted by atomic mass is 31.1. The summed E-state index contributed by atoms with van der Waals surface area (Å²) in [7, 11) is -2.71. The van der Waals surface area contributed by atoms with E-state index in [0.29, 0.717) is 0 Å². The van der Waals surface area contributed by atoms with Gasteiger partial charge in [-0.05, 0) is 18.8 Å². The van der Waals surface area contributed by atoms with Crippen LogP contribution in [0.1, 0.15) is 32.1 Å². The van der Waals surface area contributed by atoms with Crippen molar-refractivity contribution in [2.45, 2.75) is 37.9 Å². The molecule has 0 saturated heterocycles. The van der Waals surface area contributed by atoms with Gasteiger partial charge >= 0.3 is 0 Å². The molecule has 0 bridgehead atoms. The second-order valence-electron chi connectivity index (χ2n) is 3.18. The molecule has 0 spiro atoms. The summed E-state index contributed by atoms with van der Waals surface area (Å²) < 4.78 is 10.5. The molecule has 0 heterocycles. The van der Waals surface area contributed by atoms with Crippen LogP contribution in [0.25, 0.3) is 0 Å². The summed E-state index contributed by atoms with van der Waals surface area (Å²) in [6.45, 7) is 0. The van der Waals surface area contributed by atoms with Crippen LogP contribution in [0.5, 0.6) is 0 Å². The molecule has 1 saturated carbocycles. The van der Waals surface area contributed by atoms with E-state index in [1.54, 1.807) is 0 Å². The Hall–Kier alpha value is 0.150. The van der Waals surface area contributed by atoms with Gasteiger partial charge < -0.3 is 10.00 Å². The van der Waals surface area contributed by atoms with Gasteiger partial charge in [-0.25, -0.2) is 0 Å². The average Bonchev–Trinajstić information content (AvgIpc) is 2.05. The van der Waals surface area contributed by atoms with Crippen LogP contribution in [0.2, 0.25) is 0 Å². The van der Waals surface area contributed by atoms with Crippen molar-refractivity contribution in [3.05, 3.63) is 0 Å². The lowest BCUT2D eigenvalue weighted by Gasteiger charge is -2.24. The lowest BCUT2D eigenvalue weighted by atomic mass is 9.90. The van der Waals surface area contributed by atoms with Crippen LogP contribution in [0.15, 0.2) is 0 Å². The van der Waals surface area contributed by atoms with E-state index in [-0.39, 0.29) is 5.92 Å². The molecule has 0 aromatic heterocycles. The fourth-order valence-corrected chi connectivity index (χ4v) is 2.39. The number of hydrogen-bond acceptors (Lipinski definition) is 2. The number of aliphatic hydroxyl groups excluding tert-OH is 1. The first kappa shape index (κ1) is 9.24. The molecule has 1 rings (SSSR count). The van der Waals surface area contributed by atoms with Crippen molar-refractivity contribution >= 4 is 8.03 Å². The van der Waals surface area contributed by atoms with E-state index in [0.717, 1.165) is 25.7 Å². The topological polar surface area (TPSA) is 57.5 Å². The normalized spacial score (nSPS) is 26.4. The first-order valence-electron chi connectivity index (χ1n) is 4.12. The van der Waals surface area contributed by atoms with E-state index in [1.807, 2.05) is 0 Å². The predicted molar refractivity (Wildman–Crippen MR) is 43.8 cm³/mol. The first-order valence-corrected chi connectivity index (χ1v) is 5.56. The second-order valence-corrected chi connectivity index (χ2v) is 4.45. The Labute approximate surface area is 67.3 Å². The largest absolute Gasteiger partial charge is 0.383 e. The summed E-state index contributed by atoms with van der Waals surface area (Å²) in [6.07, 6.45) is 5.22. The average molecular weight is 178 g/mol. The number of aliphatic hydroxyl groups is 1. The van der Waals surface area contributed by atoms with Crippen LogP contribution >= 0.6 is 8.03 Å². The van der Waals surface area contributed by atoms with E-state index >= 15 is 0 Å². The minimum absolute atomic E-state index is 0.0835. The summed E-state index contributed by atoms with van der Waals surface area (Å²) >= 11 is 0. The van der Waals surface area contributed by atoms with Crippen molar-refractivity contribution in [3.8, 4) is 0 Å². The van der Waals surface area contributed by atoms with Crippen LogP contribution in [0.4, 0.5) is 0 Å². The van der Waals surface area contributed by atoms with Gasteiger partial charge in [0.2, 0.25) is 8.03 Å². The van der Waals surface area contributed by atoms with Gasteiger partial charge in [0.15, 0.2) is 0 Å². The van der Waals surface area contributed by atoms with Crippen molar-refractivity contribution in [1.82, 2.24) is 0 Å². The van der Waals surface area contributed by atoms with Crippen molar-refractivity contribution in [1.29, 1.82) is 0 Å². The van der Waals surface area contributed by atoms with Gasteiger partial charge in [-0.2, -0.15) is 0 Å². The SMILES string of the molecule is O=[PH](O)C(O)C1CCCCC1. The summed E-state index contributed by atoms with van der Waals surface area (Å²) in [5, 5.41) is 9.23. The molecule has 11 heavy (non-hydrogen) atoms. The van der Waals surface area contributed by atoms with Crippen LogP contribution in [-0.2, 0) is 4.57 Å². The van der Waals surface area contributed by atoms with E-state index in [1.165, 1.54) is 6.42 Å². The lowest BCUT2D eigenvalue weighted by Crippen LogP contribution is -2.19. The van der Waals surface area contributed by atoms with Crippen molar-refractivity contribution in [2.24, 2.45) is 5.92 Å². The third-order valence-electron chi connectivity index (χ3n) is 2.35. The van der Waals surface area contributed by atoms with E-state index < -0.39 is 13.9 Å². The maximum Gasteiger partial charge on any atom is 0.217 e. The Morgan fingerprint density at radius 2 is 1.82 bits per heavy atom. The molecule has 66 valence electrons. The van der Waals surface area contributed by atoms with Gasteiger partial charge in [-0.15, -0.1) is 0 Å². The molecule has 1 aliphatic rings. The van der Waals surface area contributed by atoms with Gasteiger partial charge in [0.1, 0.15) is 5.85 Å². The third kappa shape index (κ3) is 2.58. The highest BCUT2D eigenvalue weighted by Crippen LogP contribution is 2.35. The summed E-state index contributed by atoms with van der Waals surface area (Å²) in [6, 6.07) is 0. The highest BCUT2D eigenvalue weighted by Gasteiger charge is 2.24. The van der Waals surface area contributed by atoms with Gasteiger partial charge in [0.25, 0.3) is 0 Å². The zero-order valence-electron chi connectivity index (χ0n) is 6.49. The smallest absolute Gasteiger partial charge is 0.217 e. The molecule has 2 unspecified atom stereocenters. The molecule has 0 amide bonds. The summed E-state index contributed by atoms with van der Waals surface area (Å²) in [4.78, 5) is 8.67. The van der Waals surface area contributed by atoms with E-state index in [2.05, 4.69) is 0 Å². The zero-order valence-corrected chi connectivity index (χ0v) is 7.49. The fraction of sp³-hybridized carbons (Fsp3) is 1.00. The minimum Gasteiger partial charge on any atom is -0.383 e. The molecule has 0 aromatic rings. The molecule has 1 aliphatic carbocycles. The van der Waals surface area contributed by atoms with Crippen LogP contribution in [0.3, 0.4) is 0 Å². The molecule has 0 radical (unpaired) electrons. The number of hydrogen-bond donors (Lipinski definition) is 2. The Balaban J connectivity index is 2.38. The Bertz CT molecular complexity index is 143. The Morgan fingerprint density at radius 1 is 1.27 bits per heavy atom. The van der Waals surface area contributed by atoms with Crippen LogP contribution < -0.4 is 0 Å². The Morgan fingerprint density at radius 3 is 2.27 bits per heavy atom. The number of rotatable bonds is 2. The third-order valence-corrected chi connectivity index (χ3v) is 3.33. The van der Waals surface area contributed by atoms with E-state index in [9.17, 15) is 9.67 Å². The quantitative estimate of drug-likeness (QED) is 0.627. The van der Waals surface area contributed by atoms with Crippen LogP contribution in [0, 0.1) is 5.92 Å². The van der Waals surface area contributed by atoms with Crippen molar-refractivity contribution in [2.75, 3.05) is 0 Å². The second kappa shape index (κ2) is 4.24.